The maximum absolute atomic E-state index is 10.6. The van der Waals surface area contributed by atoms with E-state index in [4.69, 9.17) is 5.11 Å². The van der Waals surface area contributed by atoms with E-state index in [1.165, 1.54) is 81.9 Å². The number of benzene rings is 1. The Morgan fingerprint density at radius 2 is 1.52 bits per heavy atom. The molecule has 0 aliphatic rings. The lowest BCUT2D eigenvalue weighted by atomic mass is 10.0. The van der Waals surface area contributed by atoms with Crippen molar-refractivity contribution in [1.29, 1.82) is 0 Å². The van der Waals surface area contributed by atoms with Gasteiger partial charge in [0.15, 0.2) is 0 Å². The minimum atomic E-state index is -0.785. The average molecular weight is 395 g/mol. The molecule has 1 unspecified atom stereocenters. The molecule has 0 radical (unpaired) electrons. The van der Waals surface area contributed by atoms with Crippen LogP contribution in [0.3, 0.4) is 0 Å². The number of carboxylic acid groups (broad SMARTS) is 1. The Morgan fingerprint density at radius 3 is 2.07 bits per heavy atom. The molecule has 4 nitrogen and oxygen atoms in total. The average Bonchev–Trinajstić information content (AvgIpc) is 2.64. The van der Waals surface area contributed by atoms with E-state index in [0.29, 0.717) is 0 Å². The van der Waals surface area contributed by atoms with Gasteiger partial charge in [0.1, 0.15) is 0 Å². The molecule has 1 aromatic rings. The third-order valence-electron chi connectivity index (χ3n) is 4.68. The molecule has 5 heteroatoms. The highest BCUT2D eigenvalue weighted by Crippen LogP contribution is 2.16. The van der Waals surface area contributed by atoms with Gasteiger partial charge in [-0.2, -0.15) is 0 Å². The lowest BCUT2D eigenvalue weighted by Gasteiger charge is -2.11. The molecular weight excluding hydrogens is 356 g/mol. The van der Waals surface area contributed by atoms with E-state index in [1.54, 1.807) is 0 Å². The summed E-state index contributed by atoms with van der Waals surface area (Å²) in [5.74, 6) is -0.785. The summed E-state index contributed by atoms with van der Waals surface area (Å²) >= 11 is 1.33. The zero-order valence-corrected chi connectivity index (χ0v) is 18.0. The van der Waals surface area contributed by atoms with Crippen LogP contribution in [0.2, 0.25) is 0 Å². The molecule has 0 saturated carbocycles. The van der Waals surface area contributed by atoms with Gasteiger partial charge < -0.3 is 9.83 Å². The van der Waals surface area contributed by atoms with Crippen molar-refractivity contribution in [2.45, 2.75) is 96.9 Å². The molecule has 1 atom stereocenters. The second-order valence-corrected chi connectivity index (χ2v) is 8.09. The summed E-state index contributed by atoms with van der Waals surface area (Å²) in [6, 6.07) is 8.45. The fourth-order valence-electron chi connectivity index (χ4n) is 3.05. The van der Waals surface area contributed by atoms with Gasteiger partial charge in [-0.25, -0.2) is 4.72 Å². The number of aliphatic carboxylic acids is 1. The Hall–Kier alpha value is -1.20. The highest BCUT2D eigenvalue weighted by atomic mass is 32.2. The maximum Gasteiger partial charge on any atom is 0.304 e. The first-order valence-corrected chi connectivity index (χ1v) is 11.4. The first-order valence-electron chi connectivity index (χ1n) is 10.6. The number of carbonyl (C=O) groups is 1. The predicted molar refractivity (Wildman–Crippen MR) is 118 cm³/mol. The van der Waals surface area contributed by atoms with Gasteiger partial charge in [0.25, 0.3) is 0 Å². The minimum Gasteiger partial charge on any atom is -0.481 e. The van der Waals surface area contributed by atoms with Gasteiger partial charge in [-0.05, 0) is 37.5 Å². The Morgan fingerprint density at radius 1 is 0.963 bits per heavy atom. The number of anilines is 1. The van der Waals surface area contributed by atoms with Gasteiger partial charge in [-0.15, -0.1) is 0 Å². The second kappa shape index (κ2) is 15.8. The van der Waals surface area contributed by atoms with E-state index in [0.717, 1.165) is 12.1 Å². The zero-order chi connectivity index (χ0) is 19.7. The van der Waals surface area contributed by atoms with Crippen LogP contribution < -0.4 is 9.44 Å². The van der Waals surface area contributed by atoms with Crippen LogP contribution in [0.4, 0.5) is 5.69 Å². The number of hydrogen-bond donors (Lipinski definition) is 3. The lowest BCUT2D eigenvalue weighted by Crippen LogP contribution is -2.23. The van der Waals surface area contributed by atoms with Crippen molar-refractivity contribution in [3.63, 3.8) is 0 Å². The molecule has 1 rings (SSSR count). The smallest absolute Gasteiger partial charge is 0.304 e. The number of aryl methyl sites for hydroxylation is 1. The van der Waals surface area contributed by atoms with Crippen LogP contribution in [0.5, 0.6) is 0 Å². The Bertz CT molecular complexity index is 494. The SMILES string of the molecule is CCCCCCCCCCCCc1ccc(NSNC(C)CC(=O)O)cc1. The van der Waals surface area contributed by atoms with Gasteiger partial charge in [-0.3, -0.25) is 4.79 Å². The maximum atomic E-state index is 10.6. The van der Waals surface area contributed by atoms with E-state index < -0.39 is 5.97 Å². The number of nitrogens with one attached hydrogen (secondary N) is 2. The van der Waals surface area contributed by atoms with Crippen LogP contribution in [-0.4, -0.2) is 17.1 Å². The number of carboxylic acids is 1. The normalized spacial score (nSPS) is 12.1. The molecule has 0 bridgehead atoms. The largest absolute Gasteiger partial charge is 0.481 e. The summed E-state index contributed by atoms with van der Waals surface area (Å²) in [4.78, 5) is 10.6. The summed E-state index contributed by atoms with van der Waals surface area (Å²) < 4.78 is 6.27. The van der Waals surface area contributed by atoms with Crippen molar-refractivity contribution in [2.75, 3.05) is 4.72 Å². The molecule has 27 heavy (non-hydrogen) atoms. The van der Waals surface area contributed by atoms with Crippen LogP contribution in [0, 0.1) is 0 Å². The van der Waals surface area contributed by atoms with E-state index >= 15 is 0 Å². The van der Waals surface area contributed by atoms with Crippen molar-refractivity contribution in [3.8, 4) is 0 Å². The third kappa shape index (κ3) is 13.6. The highest BCUT2D eigenvalue weighted by Gasteiger charge is 2.06. The fourth-order valence-corrected chi connectivity index (χ4v) is 3.65. The van der Waals surface area contributed by atoms with Crippen molar-refractivity contribution in [1.82, 2.24) is 4.72 Å². The number of unbranched alkanes of at least 4 members (excludes halogenated alkanes) is 9. The third-order valence-corrected chi connectivity index (χ3v) is 5.54. The van der Waals surface area contributed by atoms with Crippen LogP contribution in [-0.2, 0) is 11.2 Å². The monoisotopic (exact) mass is 394 g/mol. The van der Waals surface area contributed by atoms with E-state index in [9.17, 15) is 4.79 Å². The summed E-state index contributed by atoms with van der Waals surface area (Å²) in [5.41, 5.74) is 2.42. The van der Waals surface area contributed by atoms with Crippen LogP contribution in [0.1, 0.15) is 90.0 Å². The first kappa shape index (κ1) is 23.8. The van der Waals surface area contributed by atoms with Gasteiger partial charge in [0.2, 0.25) is 0 Å². The van der Waals surface area contributed by atoms with Crippen LogP contribution in [0.15, 0.2) is 24.3 Å². The molecule has 1 aromatic carbocycles. The molecule has 3 N–H and O–H groups in total. The highest BCUT2D eigenvalue weighted by molar-refractivity contribution is 7.98. The molecule has 154 valence electrons. The van der Waals surface area contributed by atoms with Crippen LogP contribution >= 0.6 is 12.1 Å². The molecule has 0 aromatic heterocycles. The summed E-state index contributed by atoms with van der Waals surface area (Å²) in [5, 5.41) is 8.73. The Kier molecular flexibility index (Phi) is 14.0. The quantitative estimate of drug-likeness (QED) is 0.206. The molecular formula is C22H38N2O2S. The molecule has 0 saturated heterocycles. The van der Waals surface area contributed by atoms with E-state index in [-0.39, 0.29) is 12.5 Å². The number of hydrogen-bond acceptors (Lipinski definition) is 4. The molecule has 0 aliphatic heterocycles. The Balaban J connectivity index is 2.03. The lowest BCUT2D eigenvalue weighted by molar-refractivity contribution is -0.137. The van der Waals surface area contributed by atoms with Crippen molar-refractivity contribution in [3.05, 3.63) is 29.8 Å². The molecule has 0 heterocycles. The van der Waals surface area contributed by atoms with Crippen molar-refractivity contribution >= 4 is 23.8 Å². The second-order valence-electron chi connectivity index (χ2n) is 7.45. The number of rotatable bonds is 17. The molecule has 0 aliphatic carbocycles. The zero-order valence-electron chi connectivity index (χ0n) is 17.1. The molecule has 0 amide bonds. The van der Waals surface area contributed by atoms with Gasteiger partial charge in [0, 0.05) is 23.9 Å². The predicted octanol–water partition coefficient (Wildman–Crippen LogP) is 6.58. The van der Waals surface area contributed by atoms with Crippen molar-refractivity contribution < 1.29 is 9.90 Å². The van der Waals surface area contributed by atoms with Crippen LogP contribution in [0.25, 0.3) is 0 Å². The van der Waals surface area contributed by atoms with Gasteiger partial charge in [-0.1, -0.05) is 76.8 Å². The summed E-state index contributed by atoms with van der Waals surface area (Å²) in [7, 11) is 0. The van der Waals surface area contributed by atoms with E-state index in [1.807, 2.05) is 6.92 Å². The van der Waals surface area contributed by atoms with Gasteiger partial charge in [0.05, 0.1) is 6.42 Å². The molecule has 0 fully saturated rings. The van der Waals surface area contributed by atoms with Gasteiger partial charge >= 0.3 is 5.97 Å². The minimum absolute atomic E-state index is 0.0735. The topological polar surface area (TPSA) is 61.4 Å². The summed E-state index contributed by atoms with van der Waals surface area (Å²) in [6.45, 7) is 4.13. The Labute approximate surface area is 170 Å². The first-order chi connectivity index (χ1) is 13.1. The molecule has 0 spiro atoms. The van der Waals surface area contributed by atoms with E-state index in [2.05, 4.69) is 40.6 Å². The summed E-state index contributed by atoms with van der Waals surface area (Å²) in [6.07, 6.45) is 15.0. The fraction of sp³-hybridized carbons (Fsp3) is 0.682. The van der Waals surface area contributed by atoms with Crippen molar-refractivity contribution in [2.24, 2.45) is 0 Å². The standard InChI is InChI=1S/C22H38N2O2S/c1-3-4-5-6-7-8-9-10-11-12-13-20-14-16-21(17-15-20)24-27-23-19(2)18-22(25)26/h14-17,19,23-24H,3-13,18H2,1-2H3,(H,25,26).